The van der Waals surface area contributed by atoms with E-state index in [4.69, 9.17) is 9.47 Å². The second-order valence-corrected chi connectivity index (χ2v) is 12.8. The molecular weight excluding hydrogens is 546 g/mol. The number of carbonyl (C=O) groups is 4. The van der Waals surface area contributed by atoms with Gasteiger partial charge in [-0.05, 0) is 76.5 Å². The highest BCUT2D eigenvalue weighted by Crippen LogP contribution is 2.34. The van der Waals surface area contributed by atoms with Crippen molar-refractivity contribution in [3.63, 3.8) is 0 Å². The number of para-hydroxylation sites is 1. The first-order chi connectivity index (χ1) is 20.4. The van der Waals surface area contributed by atoms with Gasteiger partial charge in [-0.25, -0.2) is 4.79 Å². The van der Waals surface area contributed by atoms with E-state index in [0.717, 1.165) is 24.8 Å². The summed E-state index contributed by atoms with van der Waals surface area (Å²) in [5, 5.41) is 2.92. The molecule has 0 saturated carbocycles. The molecule has 43 heavy (non-hydrogen) atoms. The Balaban J connectivity index is 1.47. The quantitative estimate of drug-likeness (QED) is 0.394. The molecule has 232 valence electrons. The number of nitrogens with zero attached hydrogens (tertiary/aromatic N) is 2. The van der Waals surface area contributed by atoms with Crippen LogP contribution in [0.4, 0.5) is 0 Å². The van der Waals surface area contributed by atoms with Crippen molar-refractivity contribution in [2.24, 2.45) is 5.92 Å². The van der Waals surface area contributed by atoms with Gasteiger partial charge in [-0.15, -0.1) is 0 Å². The number of nitrogens with one attached hydrogen (secondary N) is 1. The summed E-state index contributed by atoms with van der Waals surface area (Å²) in [4.78, 5) is 57.2. The van der Waals surface area contributed by atoms with Crippen molar-refractivity contribution in [2.45, 2.75) is 90.4 Å². The van der Waals surface area contributed by atoms with Crippen LogP contribution in [0, 0.1) is 5.92 Å². The van der Waals surface area contributed by atoms with Crippen LogP contribution in [0.25, 0.3) is 0 Å². The van der Waals surface area contributed by atoms with E-state index in [9.17, 15) is 19.2 Å². The number of hydrogen-bond donors (Lipinski definition) is 1. The molecule has 4 rings (SSSR count). The number of hydrogen-bond acceptors (Lipinski definition) is 6. The van der Waals surface area contributed by atoms with Crippen LogP contribution in [0.2, 0.25) is 0 Å². The van der Waals surface area contributed by atoms with Crippen molar-refractivity contribution in [3.05, 3.63) is 65.7 Å². The van der Waals surface area contributed by atoms with Gasteiger partial charge in [0.05, 0.1) is 11.6 Å². The molecule has 2 aromatic carbocycles. The Bertz CT molecular complexity index is 1290. The van der Waals surface area contributed by atoms with E-state index in [1.807, 2.05) is 36.9 Å². The van der Waals surface area contributed by atoms with Gasteiger partial charge < -0.3 is 24.6 Å². The van der Waals surface area contributed by atoms with Gasteiger partial charge in [0.2, 0.25) is 11.8 Å². The lowest BCUT2D eigenvalue weighted by Gasteiger charge is -2.34. The van der Waals surface area contributed by atoms with Gasteiger partial charge in [-0.3, -0.25) is 14.4 Å². The van der Waals surface area contributed by atoms with Gasteiger partial charge in [-0.2, -0.15) is 0 Å². The van der Waals surface area contributed by atoms with E-state index < -0.39 is 29.6 Å². The fraction of sp³-hybridized carbons (Fsp3) is 0.529. The normalized spacial score (nSPS) is 19.3. The van der Waals surface area contributed by atoms with Crippen LogP contribution < -0.4 is 10.1 Å². The van der Waals surface area contributed by atoms with Gasteiger partial charge in [-0.1, -0.05) is 56.3 Å². The summed E-state index contributed by atoms with van der Waals surface area (Å²) < 4.78 is 11.0. The minimum Gasteiger partial charge on any atom is -0.481 e. The van der Waals surface area contributed by atoms with Gasteiger partial charge in [0.25, 0.3) is 5.91 Å². The van der Waals surface area contributed by atoms with Crippen molar-refractivity contribution >= 4 is 23.7 Å². The highest BCUT2D eigenvalue weighted by Gasteiger charge is 2.42. The highest BCUT2D eigenvalue weighted by atomic mass is 16.6. The molecule has 0 aliphatic carbocycles. The number of amides is 3. The fourth-order valence-electron chi connectivity index (χ4n) is 5.95. The summed E-state index contributed by atoms with van der Waals surface area (Å²) in [5.41, 5.74) is 0.666. The largest absolute Gasteiger partial charge is 0.481 e. The number of carbonyl (C=O) groups excluding carboxylic acids is 4. The molecule has 2 aromatic rings. The molecule has 1 N–H and O–H groups in total. The molecule has 9 heteroatoms. The smallest absolute Gasteiger partial charge is 0.344 e. The minimum absolute atomic E-state index is 0.00889. The second-order valence-electron chi connectivity index (χ2n) is 12.8. The molecule has 9 nitrogen and oxygen atoms in total. The SMILES string of the molecule is CC(C)C[C@@H](NC(=O)c1ccccc1OCC(=O)OC(C)(C)C)C(=O)N1CCC[C@@H]1C(=O)N1CCC[C@@H]1c1ccccc1. The van der Waals surface area contributed by atoms with Crippen molar-refractivity contribution in [1.82, 2.24) is 15.1 Å². The third-order valence-corrected chi connectivity index (χ3v) is 7.75. The highest BCUT2D eigenvalue weighted by molar-refractivity contribution is 6.00. The monoisotopic (exact) mass is 591 g/mol. The average Bonchev–Trinajstić information content (AvgIpc) is 3.65. The van der Waals surface area contributed by atoms with Crippen LogP contribution in [0.3, 0.4) is 0 Å². The summed E-state index contributed by atoms with van der Waals surface area (Å²) in [6.07, 6.45) is 3.58. The molecule has 0 aromatic heterocycles. The standard InChI is InChI=1S/C34H45N3O6/c1-23(2)21-26(35-31(39)25-15-9-10-18-29(25)42-22-30(38)43-34(3,4)5)32(40)37-20-12-17-28(37)33(41)36-19-11-16-27(36)24-13-7-6-8-14-24/h6-10,13-15,18,23,26-28H,11-12,16-17,19-22H2,1-5H3,(H,35,39)/t26-,27-,28-/m1/s1. The Hall–Kier alpha value is -3.88. The summed E-state index contributed by atoms with van der Waals surface area (Å²) >= 11 is 0. The Morgan fingerprint density at radius 2 is 1.56 bits per heavy atom. The Labute approximate surface area is 254 Å². The predicted octanol–water partition coefficient (Wildman–Crippen LogP) is 4.91. The number of benzene rings is 2. The zero-order valence-corrected chi connectivity index (χ0v) is 26.0. The van der Waals surface area contributed by atoms with Gasteiger partial charge in [0, 0.05) is 13.1 Å². The Morgan fingerprint density at radius 3 is 2.26 bits per heavy atom. The number of esters is 1. The minimum atomic E-state index is -0.816. The maximum atomic E-state index is 14.0. The molecule has 0 bridgehead atoms. The van der Waals surface area contributed by atoms with Crippen LogP contribution in [0.5, 0.6) is 5.75 Å². The third kappa shape index (κ3) is 8.36. The van der Waals surface area contributed by atoms with Crippen LogP contribution in [-0.2, 0) is 19.1 Å². The maximum absolute atomic E-state index is 14.0. The number of likely N-dealkylation sites (tertiary alicyclic amines) is 2. The van der Waals surface area contributed by atoms with Crippen LogP contribution in [0.1, 0.15) is 88.7 Å². The fourth-order valence-corrected chi connectivity index (χ4v) is 5.95. The summed E-state index contributed by atoms with van der Waals surface area (Å²) in [7, 11) is 0. The summed E-state index contributed by atoms with van der Waals surface area (Å²) in [6.45, 7) is 10.1. The molecule has 2 saturated heterocycles. The number of ether oxygens (including phenoxy) is 2. The second kappa shape index (κ2) is 14.1. The first-order valence-electron chi connectivity index (χ1n) is 15.3. The molecule has 3 atom stereocenters. The van der Waals surface area contributed by atoms with Crippen molar-refractivity contribution < 1.29 is 28.7 Å². The van der Waals surface area contributed by atoms with Gasteiger partial charge in [0.1, 0.15) is 23.4 Å². The lowest BCUT2D eigenvalue weighted by atomic mass is 10.0. The molecule has 2 aliphatic rings. The van der Waals surface area contributed by atoms with Crippen molar-refractivity contribution in [1.29, 1.82) is 0 Å². The molecule has 2 fully saturated rings. The molecular formula is C34H45N3O6. The van der Waals surface area contributed by atoms with Crippen LogP contribution in [-0.4, -0.2) is 70.9 Å². The van der Waals surface area contributed by atoms with Gasteiger partial charge >= 0.3 is 5.97 Å². The lowest BCUT2D eigenvalue weighted by Crippen LogP contribution is -2.54. The van der Waals surface area contributed by atoms with E-state index in [0.29, 0.717) is 25.9 Å². The van der Waals surface area contributed by atoms with E-state index in [2.05, 4.69) is 17.4 Å². The van der Waals surface area contributed by atoms with Gasteiger partial charge in [0.15, 0.2) is 6.61 Å². The average molecular weight is 592 g/mol. The maximum Gasteiger partial charge on any atom is 0.344 e. The zero-order valence-electron chi connectivity index (χ0n) is 26.0. The number of rotatable bonds is 10. The summed E-state index contributed by atoms with van der Waals surface area (Å²) in [5.74, 6) is -0.965. The van der Waals surface area contributed by atoms with E-state index in [1.54, 1.807) is 49.9 Å². The van der Waals surface area contributed by atoms with Crippen molar-refractivity contribution in [3.8, 4) is 5.75 Å². The molecule has 2 aliphatic heterocycles. The summed E-state index contributed by atoms with van der Waals surface area (Å²) in [6, 6.07) is 15.3. The van der Waals surface area contributed by atoms with Crippen LogP contribution in [0.15, 0.2) is 54.6 Å². The molecule has 3 amide bonds. The molecule has 2 heterocycles. The van der Waals surface area contributed by atoms with E-state index in [1.165, 1.54) is 0 Å². The van der Waals surface area contributed by atoms with E-state index >= 15 is 0 Å². The zero-order chi connectivity index (χ0) is 31.1. The van der Waals surface area contributed by atoms with Crippen molar-refractivity contribution in [2.75, 3.05) is 19.7 Å². The topological polar surface area (TPSA) is 105 Å². The molecule has 0 unspecified atom stereocenters. The molecule has 0 radical (unpaired) electrons. The van der Waals surface area contributed by atoms with Crippen LogP contribution >= 0.6 is 0 Å². The Kier molecular flexibility index (Phi) is 10.5. The van der Waals surface area contributed by atoms with E-state index in [-0.39, 0.29) is 41.7 Å². The lowest BCUT2D eigenvalue weighted by molar-refractivity contribution is -0.157. The molecule has 0 spiro atoms. The third-order valence-electron chi connectivity index (χ3n) is 7.75. The first-order valence-corrected chi connectivity index (χ1v) is 15.3. The first kappa shape index (κ1) is 32.0. The Morgan fingerprint density at radius 1 is 0.907 bits per heavy atom. The predicted molar refractivity (Wildman–Crippen MR) is 163 cm³/mol.